The Morgan fingerprint density at radius 2 is 2.11 bits per heavy atom. The third kappa shape index (κ3) is 3.45. The minimum Gasteiger partial charge on any atom is -0.378 e. The number of nitrogens with zero attached hydrogens (tertiary/aromatic N) is 5. The van der Waals surface area contributed by atoms with Crippen molar-refractivity contribution >= 4 is 17.4 Å². The molecule has 3 heterocycles. The molecule has 1 atom stereocenters. The van der Waals surface area contributed by atoms with Crippen LogP contribution in [0, 0.1) is 0 Å². The third-order valence-corrected chi connectivity index (χ3v) is 5.07. The van der Waals surface area contributed by atoms with Crippen molar-refractivity contribution in [1.29, 1.82) is 0 Å². The summed E-state index contributed by atoms with van der Waals surface area (Å²) in [5, 5.41) is 11.3. The fraction of sp³-hybridized carbons (Fsp3) is 0.350. The van der Waals surface area contributed by atoms with Crippen molar-refractivity contribution in [2.45, 2.75) is 25.4 Å². The predicted octanol–water partition coefficient (Wildman–Crippen LogP) is 2.84. The van der Waals surface area contributed by atoms with Crippen LogP contribution in [0.4, 0.5) is 10.5 Å². The molecule has 0 radical (unpaired) electrons. The van der Waals surface area contributed by atoms with E-state index in [-0.39, 0.29) is 12.1 Å². The maximum atomic E-state index is 12.8. The van der Waals surface area contributed by atoms with Gasteiger partial charge in [0.1, 0.15) is 0 Å². The highest BCUT2D eigenvalue weighted by Gasteiger charge is 2.30. The number of carbonyl (C=O) groups excluding carboxylic acids is 1. The van der Waals surface area contributed by atoms with Gasteiger partial charge in [0.2, 0.25) is 0 Å². The van der Waals surface area contributed by atoms with Gasteiger partial charge in [0.05, 0.1) is 12.6 Å². The molecule has 7 nitrogen and oxygen atoms in total. The molecule has 7 heteroatoms. The number of likely N-dealkylation sites (tertiary alicyclic amines) is 1. The number of rotatable bonds is 4. The Hall–Kier alpha value is -3.09. The molecule has 1 fully saturated rings. The fourth-order valence-electron chi connectivity index (χ4n) is 3.63. The van der Waals surface area contributed by atoms with Gasteiger partial charge in [-0.25, -0.2) is 4.79 Å². The number of carbonyl (C=O) groups is 1. The number of anilines is 1. The summed E-state index contributed by atoms with van der Waals surface area (Å²) in [6, 6.07) is 14.2. The second-order valence-corrected chi connectivity index (χ2v) is 7.04. The van der Waals surface area contributed by atoms with Crippen LogP contribution >= 0.6 is 0 Å². The smallest absolute Gasteiger partial charge is 0.318 e. The van der Waals surface area contributed by atoms with E-state index in [1.165, 1.54) is 5.56 Å². The number of aromatic nitrogens is 3. The molecule has 2 amide bonds. The lowest BCUT2D eigenvalue weighted by Gasteiger charge is -2.26. The second kappa shape index (κ2) is 7.26. The van der Waals surface area contributed by atoms with Gasteiger partial charge in [0, 0.05) is 32.5 Å². The lowest BCUT2D eigenvalue weighted by molar-refractivity contribution is 0.192. The summed E-state index contributed by atoms with van der Waals surface area (Å²) in [5.74, 6) is 0.726. The van der Waals surface area contributed by atoms with Crippen molar-refractivity contribution < 1.29 is 4.79 Å². The van der Waals surface area contributed by atoms with Crippen LogP contribution in [0.5, 0.6) is 0 Å². The molecule has 0 aliphatic carbocycles. The number of fused-ring (bicyclic) bond motifs is 1. The first-order valence-electron chi connectivity index (χ1n) is 9.24. The molecule has 0 bridgehead atoms. The molecule has 1 aromatic carbocycles. The Morgan fingerprint density at radius 3 is 2.96 bits per heavy atom. The number of amides is 2. The summed E-state index contributed by atoms with van der Waals surface area (Å²) in [7, 11) is 4.06. The summed E-state index contributed by atoms with van der Waals surface area (Å²) in [6.45, 7) is 1.12. The monoisotopic (exact) mass is 364 g/mol. The van der Waals surface area contributed by atoms with Crippen LogP contribution in [0.3, 0.4) is 0 Å². The van der Waals surface area contributed by atoms with E-state index in [2.05, 4.69) is 44.7 Å². The van der Waals surface area contributed by atoms with Crippen molar-refractivity contribution in [2.24, 2.45) is 0 Å². The van der Waals surface area contributed by atoms with Crippen molar-refractivity contribution in [2.75, 3.05) is 25.5 Å². The van der Waals surface area contributed by atoms with E-state index in [9.17, 15) is 4.79 Å². The van der Waals surface area contributed by atoms with Crippen LogP contribution in [-0.4, -0.2) is 46.2 Å². The first-order chi connectivity index (χ1) is 13.1. The highest BCUT2D eigenvalue weighted by Crippen LogP contribution is 2.33. The zero-order valence-corrected chi connectivity index (χ0v) is 15.7. The van der Waals surface area contributed by atoms with E-state index in [0.29, 0.717) is 6.54 Å². The lowest BCUT2D eigenvalue weighted by Crippen LogP contribution is -2.39. The van der Waals surface area contributed by atoms with Gasteiger partial charge in [-0.15, -0.1) is 10.2 Å². The molecule has 1 saturated heterocycles. The van der Waals surface area contributed by atoms with Gasteiger partial charge < -0.3 is 15.1 Å². The van der Waals surface area contributed by atoms with Crippen molar-refractivity contribution in [1.82, 2.24) is 24.8 Å². The molecule has 1 N–H and O–H groups in total. The number of hydrogen-bond acceptors (Lipinski definition) is 4. The summed E-state index contributed by atoms with van der Waals surface area (Å²) < 4.78 is 1.89. The third-order valence-electron chi connectivity index (χ3n) is 5.07. The van der Waals surface area contributed by atoms with E-state index >= 15 is 0 Å². The fourth-order valence-corrected chi connectivity index (χ4v) is 3.63. The minimum absolute atomic E-state index is 0.0552. The van der Waals surface area contributed by atoms with Crippen molar-refractivity contribution in [3.8, 4) is 0 Å². The molecule has 2 aromatic heterocycles. The highest BCUT2D eigenvalue weighted by molar-refractivity contribution is 5.75. The SMILES string of the molecule is CN(C)c1cccc(C2CCCN2C(=O)NCc2nnc3ccccn23)c1. The van der Waals surface area contributed by atoms with Crippen molar-refractivity contribution in [3.63, 3.8) is 0 Å². The Labute approximate surface area is 158 Å². The van der Waals surface area contributed by atoms with Gasteiger partial charge in [-0.2, -0.15) is 0 Å². The Morgan fingerprint density at radius 1 is 1.22 bits per heavy atom. The topological polar surface area (TPSA) is 65.8 Å². The zero-order valence-electron chi connectivity index (χ0n) is 15.7. The second-order valence-electron chi connectivity index (χ2n) is 7.04. The van der Waals surface area contributed by atoms with Crippen LogP contribution in [-0.2, 0) is 6.54 Å². The Balaban J connectivity index is 1.47. The van der Waals surface area contributed by atoms with E-state index < -0.39 is 0 Å². The zero-order chi connectivity index (χ0) is 18.8. The quantitative estimate of drug-likeness (QED) is 0.773. The molecule has 4 rings (SSSR count). The first kappa shape index (κ1) is 17.3. The molecule has 140 valence electrons. The molecule has 27 heavy (non-hydrogen) atoms. The Bertz CT molecular complexity index is 950. The molecular formula is C20H24N6O. The van der Waals surface area contributed by atoms with Crippen LogP contribution in [0.15, 0.2) is 48.7 Å². The first-order valence-corrected chi connectivity index (χ1v) is 9.24. The predicted molar refractivity (Wildman–Crippen MR) is 105 cm³/mol. The molecule has 1 aliphatic heterocycles. The molecule has 1 unspecified atom stereocenters. The van der Waals surface area contributed by atoms with Gasteiger partial charge in [-0.3, -0.25) is 4.40 Å². The van der Waals surface area contributed by atoms with Crippen molar-refractivity contribution in [3.05, 3.63) is 60.0 Å². The summed E-state index contributed by atoms with van der Waals surface area (Å²) in [6.07, 6.45) is 3.90. The number of pyridine rings is 1. The van der Waals surface area contributed by atoms with E-state index in [1.807, 2.05) is 47.8 Å². The van der Waals surface area contributed by atoms with E-state index in [0.717, 1.165) is 36.5 Å². The van der Waals surface area contributed by atoms with Gasteiger partial charge >= 0.3 is 6.03 Å². The highest BCUT2D eigenvalue weighted by atomic mass is 16.2. The maximum Gasteiger partial charge on any atom is 0.318 e. The number of nitrogens with one attached hydrogen (secondary N) is 1. The maximum absolute atomic E-state index is 12.8. The van der Waals surface area contributed by atoms with E-state index in [4.69, 9.17) is 0 Å². The molecule has 0 saturated carbocycles. The van der Waals surface area contributed by atoms with Crippen LogP contribution in [0.25, 0.3) is 5.65 Å². The Kier molecular flexibility index (Phi) is 4.66. The number of urea groups is 1. The standard InChI is InChI=1S/C20H24N6O/c1-24(2)16-8-5-7-15(13-16)17-9-6-12-25(17)20(27)21-14-19-23-22-18-10-3-4-11-26(18)19/h3-5,7-8,10-11,13,17H,6,9,12,14H2,1-2H3,(H,21,27). The molecule has 0 spiro atoms. The normalized spacial score (nSPS) is 16.7. The van der Waals surface area contributed by atoms with Gasteiger partial charge in [0.15, 0.2) is 11.5 Å². The summed E-state index contributed by atoms with van der Waals surface area (Å²) in [5.41, 5.74) is 3.11. The van der Waals surface area contributed by atoms with Gasteiger partial charge in [0.25, 0.3) is 0 Å². The average Bonchev–Trinajstić information content (AvgIpc) is 3.33. The average molecular weight is 364 g/mol. The van der Waals surface area contributed by atoms with Crippen LogP contribution in [0.2, 0.25) is 0 Å². The largest absolute Gasteiger partial charge is 0.378 e. The number of hydrogen-bond donors (Lipinski definition) is 1. The van der Waals surface area contributed by atoms with Crippen LogP contribution < -0.4 is 10.2 Å². The van der Waals surface area contributed by atoms with Crippen LogP contribution in [0.1, 0.15) is 30.3 Å². The molecular weight excluding hydrogens is 340 g/mol. The molecule has 1 aliphatic rings. The minimum atomic E-state index is -0.0552. The van der Waals surface area contributed by atoms with Gasteiger partial charge in [-0.05, 0) is 42.7 Å². The lowest BCUT2D eigenvalue weighted by atomic mass is 10.0. The summed E-state index contributed by atoms with van der Waals surface area (Å²) >= 11 is 0. The summed E-state index contributed by atoms with van der Waals surface area (Å²) in [4.78, 5) is 16.8. The van der Waals surface area contributed by atoms with Gasteiger partial charge in [-0.1, -0.05) is 18.2 Å². The van der Waals surface area contributed by atoms with E-state index in [1.54, 1.807) is 0 Å². The molecule has 3 aromatic rings. The number of benzene rings is 1.